The van der Waals surface area contributed by atoms with E-state index in [2.05, 4.69) is 5.43 Å². The van der Waals surface area contributed by atoms with Crippen LogP contribution in [0.5, 0.6) is 0 Å². The number of benzene rings is 1. The van der Waals surface area contributed by atoms with Gasteiger partial charge in [-0.05, 0) is 13.0 Å². The highest BCUT2D eigenvalue weighted by molar-refractivity contribution is 6.01. The van der Waals surface area contributed by atoms with Crippen molar-refractivity contribution in [1.29, 1.82) is 0 Å². The van der Waals surface area contributed by atoms with Crippen LogP contribution in [0.15, 0.2) is 18.2 Å². The van der Waals surface area contributed by atoms with E-state index in [4.69, 9.17) is 10.6 Å². The number of hydrazine groups is 1. The van der Waals surface area contributed by atoms with Gasteiger partial charge in [0, 0.05) is 26.3 Å². The summed E-state index contributed by atoms with van der Waals surface area (Å²) in [6, 6.07) is 4.24. The summed E-state index contributed by atoms with van der Waals surface area (Å²) in [7, 11) is 1.54. The Balaban J connectivity index is 3.14. The molecule has 0 atom stereocenters. The summed E-state index contributed by atoms with van der Waals surface area (Å²) >= 11 is 0. The minimum absolute atomic E-state index is 0.0124. The molecule has 0 bridgehead atoms. The van der Waals surface area contributed by atoms with E-state index >= 15 is 0 Å². The van der Waals surface area contributed by atoms with Crippen molar-refractivity contribution in [2.75, 3.05) is 32.2 Å². The lowest BCUT2D eigenvalue weighted by Crippen LogP contribution is -2.34. The Morgan fingerprint density at radius 1 is 1.55 bits per heavy atom. The third-order valence-corrected chi connectivity index (χ3v) is 2.85. The maximum absolute atomic E-state index is 12.4. The second kappa shape index (κ2) is 7.41. The number of para-hydroxylation sites is 1. The first-order valence-corrected chi connectivity index (χ1v) is 6.09. The Labute approximate surface area is 116 Å². The summed E-state index contributed by atoms with van der Waals surface area (Å²) < 4.78 is 4.94. The van der Waals surface area contributed by atoms with Crippen LogP contribution < -0.4 is 11.3 Å². The number of ether oxygens (including phenoxy) is 1. The molecular formula is C12H18N4O4. The highest BCUT2D eigenvalue weighted by atomic mass is 16.6. The number of hydrogen-bond acceptors (Lipinski definition) is 6. The van der Waals surface area contributed by atoms with Gasteiger partial charge >= 0.3 is 0 Å². The predicted octanol–water partition coefficient (Wildman–Crippen LogP) is 0.989. The molecule has 1 aromatic carbocycles. The molecular weight excluding hydrogens is 264 g/mol. The lowest BCUT2D eigenvalue weighted by atomic mass is 10.1. The molecule has 0 fully saturated rings. The zero-order valence-corrected chi connectivity index (χ0v) is 11.5. The monoisotopic (exact) mass is 282 g/mol. The SMILES string of the molecule is CCN(CCOC)C(=O)c1cccc([N+](=O)[O-])c1NN. The number of carbonyl (C=O) groups excluding carboxylic acids is 1. The fraction of sp³-hybridized carbons (Fsp3) is 0.417. The Morgan fingerprint density at radius 2 is 2.25 bits per heavy atom. The molecule has 3 N–H and O–H groups in total. The van der Waals surface area contributed by atoms with E-state index in [9.17, 15) is 14.9 Å². The van der Waals surface area contributed by atoms with Crippen LogP contribution in [0.25, 0.3) is 0 Å². The lowest BCUT2D eigenvalue weighted by molar-refractivity contribution is -0.384. The van der Waals surface area contributed by atoms with E-state index in [1.165, 1.54) is 23.1 Å². The van der Waals surface area contributed by atoms with Gasteiger partial charge in [0.05, 0.1) is 17.1 Å². The van der Waals surface area contributed by atoms with Crippen molar-refractivity contribution >= 4 is 17.3 Å². The van der Waals surface area contributed by atoms with E-state index in [1.807, 2.05) is 6.92 Å². The first-order chi connectivity index (χ1) is 9.56. The third-order valence-electron chi connectivity index (χ3n) is 2.85. The van der Waals surface area contributed by atoms with Gasteiger partial charge in [-0.25, -0.2) is 0 Å². The van der Waals surface area contributed by atoms with Crippen molar-refractivity contribution in [2.24, 2.45) is 5.84 Å². The average molecular weight is 282 g/mol. The van der Waals surface area contributed by atoms with Crippen molar-refractivity contribution in [1.82, 2.24) is 4.90 Å². The van der Waals surface area contributed by atoms with E-state index < -0.39 is 4.92 Å². The fourth-order valence-corrected chi connectivity index (χ4v) is 1.80. The maximum Gasteiger partial charge on any atom is 0.294 e. The van der Waals surface area contributed by atoms with Gasteiger partial charge in [0.25, 0.3) is 11.6 Å². The molecule has 0 unspecified atom stereocenters. The second-order valence-electron chi connectivity index (χ2n) is 3.98. The zero-order chi connectivity index (χ0) is 15.1. The number of nitrogen functional groups attached to an aromatic ring is 1. The number of likely N-dealkylation sites (N-methyl/N-ethyl adjacent to an activating group) is 1. The molecule has 0 aliphatic rings. The molecule has 0 saturated heterocycles. The van der Waals surface area contributed by atoms with E-state index in [1.54, 1.807) is 7.11 Å². The molecule has 110 valence electrons. The van der Waals surface area contributed by atoms with Crippen LogP contribution in [-0.2, 0) is 4.74 Å². The van der Waals surface area contributed by atoms with Crippen molar-refractivity contribution in [3.05, 3.63) is 33.9 Å². The van der Waals surface area contributed by atoms with Crippen LogP contribution in [0.1, 0.15) is 17.3 Å². The van der Waals surface area contributed by atoms with Gasteiger partial charge in [0.1, 0.15) is 5.69 Å². The van der Waals surface area contributed by atoms with Crippen LogP contribution in [0, 0.1) is 10.1 Å². The number of rotatable bonds is 7. The minimum atomic E-state index is -0.586. The number of hydrogen-bond donors (Lipinski definition) is 2. The molecule has 1 aromatic rings. The van der Waals surface area contributed by atoms with Crippen LogP contribution in [-0.4, -0.2) is 42.5 Å². The molecule has 0 aliphatic heterocycles. The van der Waals surface area contributed by atoms with Crippen molar-refractivity contribution in [2.45, 2.75) is 6.92 Å². The van der Waals surface area contributed by atoms with Gasteiger partial charge in [-0.3, -0.25) is 20.8 Å². The number of nitrogens with zero attached hydrogens (tertiary/aromatic N) is 2. The number of nitro groups is 1. The number of amides is 1. The summed E-state index contributed by atoms with van der Waals surface area (Å²) in [6.45, 7) is 3.08. The maximum atomic E-state index is 12.4. The van der Waals surface area contributed by atoms with Crippen molar-refractivity contribution in [3.8, 4) is 0 Å². The van der Waals surface area contributed by atoms with Crippen LogP contribution in [0.4, 0.5) is 11.4 Å². The van der Waals surface area contributed by atoms with Gasteiger partial charge in [0.2, 0.25) is 0 Å². The molecule has 0 radical (unpaired) electrons. The summed E-state index contributed by atoms with van der Waals surface area (Å²) in [5, 5.41) is 10.9. The highest BCUT2D eigenvalue weighted by Crippen LogP contribution is 2.28. The Morgan fingerprint density at radius 3 is 2.75 bits per heavy atom. The Hall–Kier alpha value is -2.19. The molecule has 0 aliphatic carbocycles. The van der Waals surface area contributed by atoms with Gasteiger partial charge in [0.15, 0.2) is 0 Å². The van der Waals surface area contributed by atoms with Crippen LogP contribution >= 0.6 is 0 Å². The fourth-order valence-electron chi connectivity index (χ4n) is 1.80. The summed E-state index contributed by atoms with van der Waals surface area (Å²) in [5.41, 5.74) is 2.18. The molecule has 20 heavy (non-hydrogen) atoms. The average Bonchev–Trinajstić information content (AvgIpc) is 2.46. The Bertz CT molecular complexity index is 492. The zero-order valence-electron chi connectivity index (χ0n) is 11.5. The lowest BCUT2D eigenvalue weighted by Gasteiger charge is -2.21. The van der Waals surface area contributed by atoms with Crippen LogP contribution in [0.3, 0.4) is 0 Å². The van der Waals surface area contributed by atoms with E-state index in [0.29, 0.717) is 19.7 Å². The molecule has 0 saturated carbocycles. The molecule has 1 amide bonds. The topological polar surface area (TPSA) is 111 Å². The van der Waals surface area contributed by atoms with E-state index in [0.717, 1.165) is 0 Å². The number of nitrogens with one attached hydrogen (secondary N) is 1. The third kappa shape index (κ3) is 3.43. The molecule has 1 rings (SSSR count). The van der Waals surface area contributed by atoms with Crippen molar-refractivity contribution in [3.63, 3.8) is 0 Å². The standard InChI is InChI=1S/C12H18N4O4/c1-3-15(7-8-20-2)12(17)9-5-4-6-10(16(18)19)11(9)14-13/h4-6,14H,3,7-8,13H2,1-2H3. The molecule has 0 aromatic heterocycles. The smallest absolute Gasteiger partial charge is 0.294 e. The molecule has 0 spiro atoms. The number of nitro benzene ring substituents is 1. The predicted molar refractivity (Wildman–Crippen MR) is 74.4 cm³/mol. The number of anilines is 1. The van der Waals surface area contributed by atoms with E-state index in [-0.39, 0.29) is 22.8 Å². The summed E-state index contributed by atoms with van der Waals surface area (Å²) in [4.78, 5) is 24.3. The first-order valence-electron chi connectivity index (χ1n) is 6.09. The molecule has 8 heteroatoms. The summed E-state index contributed by atoms with van der Waals surface area (Å²) in [6.07, 6.45) is 0. The minimum Gasteiger partial charge on any atom is -0.383 e. The Kier molecular flexibility index (Phi) is 5.88. The van der Waals surface area contributed by atoms with Crippen molar-refractivity contribution < 1.29 is 14.5 Å². The largest absolute Gasteiger partial charge is 0.383 e. The highest BCUT2D eigenvalue weighted by Gasteiger charge is 2.23. The number of methoxy groups -OCH3 is 1. The normalized spacial score (nSPS) is 10.2. The van der Waals surface area contributed by atoms with Crippen LogP contribution in [0.2, 0.25) is 0 Å². The van der Waals surface area contributed by atoms with Gasteiger partial charge in [-0.2, -0.15) is 0 Å². The van der Waals surface area contributed by atoms with Gasteiger partial charge in [-0.1, -0.05) is 6.07 Å². The number of nitrogens with two attached hydrogens (primary N) is 1. The second-order valence-corrected chi connectivity index (χ2v) is 3.98. The first kappa shape index (κ1) is 15.9. The number of carbonyl (C=O) groups is 1. The van der Waals surface area contributed by atoms with Gasteiger partial charge < -0.3 is 15.1 Å². The quantitative estimate of drug-likeness (QED) is 0.438. The molecule has 0 heterocycles. The molecule has 8 nitrogen and oxygen atoms in total. The van der Waals surface area contributed by atoms with Gasteiger partial charge in [-0.15, -0.1) is 0 Å². The summed E-state index contributed by atoms with van der Waals surface area (Å²) in [5.74, 6) is 4.99.